The van der Waals surface area contributed by atoms with E-state index in [1.807, 2.05) is 0 Å². The topological polar surface area (TPSA) is 35.6 Å². The number of fused-ring (bicyclic) bond motifs is 6. The van der Waals surface area contributed by atoms with Crippen molar-refractivity contribution in [3.63, 3.8) is 0 Å². The lowest BCUT2D eigenvalue weighted by Gasteiger charge is -2.47. The fourth-order valence-electron chi connectivity index (χ4n) is 14.9. The third-order valence-electron chi connectivity index (χ3n) is 18.1. The van der Waals surface area contributed by atoms with Gasteiger partial charge in [0.1, 0.15) is 5.82 Å². The van der Waals surface area contributed by atoms with Gasteiger partial charge in [0.15, 0.2) is 13.9 Å². The maximum atomic E-state index is 5.81. The van der Waals surface area contributed by atoms with Crippen molar-refractivity contribution < 1.29 is 0 Å². The molecule has 0 aliphatic heterocycles. The smallest absolute Gasteiger partial charge is 0.179 e. The average molecular weight is 1070 g/mol. The van der Waals surface area contributed by atoms with Crippen LogP contribution in [0, 0.1) is 0 Å². The van der Waals surface area contributed by atoms with E-state index in [0.29, 0.717) is 5.82 Å². The van der Waals surface area contributed by atoms with Crippen LogP contribution in [0.3, 0.4) is 0 Å². The second-order valence-electron chi connectivity index (χ2n) is 22.2. The Morgan fingerprint density at radius 3 is 1.27 bits per heavy atom. The van der Waals surface area contributed by atoms with Crippen molar-refractivity contribution in [2.45, 2.75) is 11.8 Å². The Hall–Kier alpha value is -10.5. The third kappa shape index (κ3) is 6.98. The molecule has 5 heteroatoms. The van der Waals surface area contributed by atoms with Crippen LogP contribution >= 0.6 is 0 Å². The van der Waals surface area contributed by atoms with Gasteiger partial charge in [-0.05, 0) is 95.6 Å². The monoisotopic (exact) mass is 1070 g/mol. The van der Waals surface area contributed by atoms with E-state index >= 15 is 0 Å². The molecule has 0 radical (unpaired) electrons. The highest BCUT2D eigenvalue weighted by Crippen LogP contribution is 2.58. The Morgan fingerprint density at radius 1 is 0.289 bits per heavy atom. The van der Waals surface area contributed by atoms with E-state index in [2.05, 4.69) is 312 Å². The quantitative estimate of drug-likeness (QED) is 0.107. The first kappa shape index (κ1) is 47.4. The van der Waals surface area contributed by atoms with E-state index < -0.39 is 8.07 Å². The predicted octanol–water partition coefficient (Wildman–Crippen LogP) is 16.0. The van der Waals surface area contributed by atoms with Crippen molar-refractivity contribution in [3.8, 4) is 45.3 Å². The molecule has 3 aromatic heterocycles. The van der Waals surface area contributed by atoms with Crippen LogP contribution in [-0.2, 0) is 0 Å². The molecular weight excluding hydrogens is 1020 g/mol. The summed E-state index contributed by atoms with van der Waals surface area (Å²) in [6, 6.07) is 113. The van der Waals surface area contributed by atoms with E-state index in [1.165, 1.54) is 81.2 Å². The lowest BCUT2D eigenvalue weighted by molar-refractivity contribution is 0.760. The number of benzene rings is 12. The molecule has 3 heterocycles. The highest BCUT2D eigenvalue weighted by atomic mass is 28.3. The summed E-state index contributed by atoms with van der Waals surface area (Å²) in [6.45, 7) is 0. The van der Waals surface area contributed by atoms with Gasteiger partial charge in [-0.2, -0.15) is 0 Å². The summed E-state index contributed by atoms with van der Waals surface area (Å²) >= 11 is 0. The molecule has 0 amide bonds. The van der Waals surface area contributed by atoms with Crippen LogP contribution in [0.15, 0.2) is 303 Å². The van der Waals surface area contributed by atoms with Crippen molar-refractivity contribution in [3.05, 3.63) is 337 Å². The van der Waals surface area contributed by atoms with Gasteiger partial charge < -0.3 is 4.57 Å². The van der Waals surface area contributed by atoms with E-state index in [-0.39, 0.29) is 11.8 Å². The standard InChI is InChI=1S/C78H52N4Si/c1-4-26-51(27-5-1)83(52-28-6-2-7-29-52,53-30-8-3-9-31-53)72-49-25-43-65-74-60-37-11-12-38-61(60)77(76(65)72)75-59(41-24-42-64(74)75)54-32-10-13-39-62(54)78-79-66(50-73(80-78)82-69-46-21-16-35-57(69)58-36-17-22-47-70(58)82)63-40-18-23-48-71(63)81-67-44-19-14-33-55(67)56-34-15-20-45-68(56)81/h1-50,74,77H. The first-order valence-corrected chi connectivity index (χ1v) is 30.8. The second-order valence-corrected chi connectivity index (χ2v) is 26.0. The van der Waals surface area contributed by atoms with Crippen molar-refractivity contribution in [2.75, 3.05) is 0 Å². The summed E-state index contributed by atoms with van der Waals surface area (Å²) in [5.41, 5.74) is 19.0. The van der Waals surface area contributed by atoms with Crippen molar-refractivity contribution >= 4 is 72.4 Å². The van der Waals surface area contributed by atoms with E-state index in [1.54, 1.807) is 0 Å². The number of rotatable bonds is 9. The maximum absolute atomic E-state index is 5.81. The number of nitrogens with zero attached hydrogens (tertiary/aromatic N) is 4. The molecule has 0 spiro atoms. The largest absolute Gasteiger partial charge is 0.309 e. The molecule has 12 aromatic carbocycles. The molecule has 0 saturated heterocycles. The molecule has 0 N–H and O–H groups in total. The normalized spacial score (nSPS) is 14.3. The van der Waals surface area contributed by atoms with Gasteiger partial charge in [0.05, 0.1) is 33.4 Å². The first-order chi connectivity index (χ1) is 41.2. The minimum absolute atomic E-state index is 0.0288. The SMILES string of the molecule is c1ccc([Si](c2ccccc2)(c2ccccc2)c2cccc3c2C2c4ccccc4C3c3cccc(-c4ccccc4-c4nc(-c5ccccc5-n5c6ccccc6c6ccccc65)cc(-n5c6ccccc6c6ccccc65)n4)c32)cc1. The highest BCUT2D eigenvalue weighted by Gasteiger charge is 2.50. The van der Waals surface area contributed by atoms with E-state index in [9.17, 15) is 0 Å². The number of hydrogen-bond donors (Lipinski definition) is 0. The zero-order chi connectivity index (χ0) is 54.6. The molecule has 3 aliphatic rings. The molecule has 15 aromatic rings. The van der Waals surface area contributed by atoms with E-state index in [4.69, 9.17) is 9.97 Å². The minimum atomic E-state index is -3.01. The second kappa shape index (κ2) is 18.8. The fraction of sp³-hybridized carbons (Fsp3) is 0.0256. The summed E-state index contributed by atoms with van der Waals surface area (Å²) < 4.78 is 4.75. The Bertz CT molecular complexity index is 4860. The summed E-state index contributed by atoms with van der Waals surface area (Å²) in [7, 11) is -3.01. The molecule has 2 bridgehead atoms. The molecular formula is C78H52N4Si. The van der Waals surface area contributed by atoms with Gasteiger partial charge in [0.25, 0.3) is 0 Å². The van der Waals surface area contributed by atoms with Crippen LogP contribution in [-0.4, -0.2) is 27.2 Å². The minimum Gasteiger partial charge on any atom is -0.309 e. The summed E-state index contributed by atoms with van der Waals surface area (Å²) in [4.78, 5) is 11.6. The van der Waals surface area contributed by atoms with Gasteiger partial charge in [0, 0.05) is 50.6 Å². The number of aromatic nitrogens is 4. The average Bonchev–Trinajstić information content (AvgIpc) is 1.86. The Labute approximate surface area is 482 Å². The van der Waals surface area contributed by atoms with Crippen LogP contribution in [0.1, 0.15) is 45.2 Å². The Kier molecular flexibility index (Phi) is 10.7. The molecule has 2 atom stereocenters. The molecule has 3 aliphatic carbocycles. The lowest BCUT2D eigenvalue weighted by Crippen LogP contribution is -2.75. The van der Waals surface area contributed by atoms with Crippen LogP contribution in [0.5, 0.6) is 0 Å². The highest BCUT2D eigenvalue weighted by molar-refractivity contribution is 7.20. The van der Waals surface area contributed by atoms with Crippen LogP contribution in [0.4, 0.5) is 0 Å². The van der Waals surface area contributed by atoms with Crippen molar-refractivity contribution in [1.82, 2.24) is 19.1 Å². The summed E-state index contributed by atoms with van der Waals surface area (Å²) in [6.07, 6.45) is 0. The maximum Gasteiger partial charge on any atom is 0.179 e. The molecule has 388 valence electrons. The molecule has 4 nitrogen and oxygen atoms in total. The van der Waals surface area contributed by atoms with Crippen LogP contribution in [0.2, 0.25) is 0 Å². The fourth-order valence-corrected chi connectivity index (χ4v) is 19.9. The molecule has 83 heavy (non-hydrogen) atoms. The summed E-state index contributed by atoms with van der Waals surface area (Å²) in [5, 5.41) is 10.3. The Morgan fingerprint density at radius 2 is 0.699 bits per heavy atom. The van der Waals surface area contributed by atoms with Gasteiger partial charge >= 0.3 is 0 Å². The third-order valence-corrected chi connectivity index (χ3v) is 22.9. The first-order valence-electron chi connectivity index (χ1n) is 28.8. The molecule has 18 rings (SSSR count). The molecule has 0 saturated carbocycles. The van der Waals surface area contributed by atoms with E-state index in [0.717, 1.165) is 56.0 Å². The lowest BCUT2D eigenvalue weighted by atomic mass is 9.60. The van der Waals surface area contributed by atoms with Crippen LogP contribution in [0.25, 0.3) is 88.9 Å². The molecule has 0 fully saturated rings. The van der Waals surface area contributed by atoms with Gasteiger partial charge in [-0.1, -0.05) is 267 Å². The van der Waals surface area contributed by atoms with Gasteiger partial charge in [-0.15, -0.1) is 0 Å². The van der Waals surface area contributed by atoms with Crippen molar-refractivity contribution in [2.24, 2.45) is 0 Å². The van der Waals surface area contributed by atoms with Crippen molar-refractivity contribution in [1.29, 1.82) is 0 Å². The summed E-state index contributed by atoms with van der Waals surface area (Å²) in [5.74, 6) is 1.43. The molecule has 2 unspecified atom stereocenters. The predicted molar refractivity (Wildman–Crippen MR) is 345 cm³/mol. The number of hydrogen-bond acceptors (Lipinski definition) is 2. The van der Waals surface area contributed by atoms with Gasteiger partial charge in [0.2, 0.25) is 0 Å². The Balaban J connectivity index is 0.928. The number of para-hydroxylation sites is 5. The van der Waals surface area contributed by atoms with Crippen LogP contribution < -0.4 is 20.7 Å². The zero-order valence-corrected chi connectivity index (χ0v) is 46.3. The zero-order valence-electron chi connectivity index (χ0n) is 45.3. The van der Waals surface area contributed by atoms with Gasteiger partial charge in [-0.3, -0.25) is 4.57 Å². The van der Waals surface area contributed by atoms with Gasteiger partial charge in [-0.25, -0.2) is 9.97 Å².